The summed E-state index contributed by atoms with van der Waals surface area (Å²) in [5.41, 5.74) is 1.39. The lowest BCUT2D eigenvalue weighted by Crippen LogP contribution is -2.36. The van der Waals surface area contributed by atoms with Gasteiger partial charge in [-0.3, -0.25) is 4.79 Å². The number of aryl methyl sites for hydroxylation is 1. The molecule has 0 bridgehead atoms. The van der Waals surface area contributed by atoms with Crippen molar-refractivity contribution < 1.29 is 17.9 Å². The summed E-state index contributed by atoms with van der Waals surface area (Å²) in [4.78, 5) is 11.6. The standard InChI is InChI=1S/C18H22N2O4S/c1-13-6-4-5-7-17(13)24-12-14(2)20-25(22,23)16-10-8-15(9-11-16)18(21)19-3/h4-11,14,20H,12H2,1-3H3,(H,19,21). The number of sulfonamides is 1. The number of carbonyl (C=O) groups is 1. The molecule has 0 aliphatic heterocycles. The summed E-state index contributed by atoms with van der Waals surface area (Å²) in [7, 11) is -2.17. The first-order chi connectivity index (χ1) is 11.8. The van der Waals surface area contributed by atoms with E-state index >= 15 is 0 Å². The number of benzene rings is 2. The molecule has 2 rings (SSSR count). The van der Waals surface area contributed by atoms with Crippen LogP contribution in [0.1, 0.15) is 22.8 Å². The fourth-order valence-electron chi connectivity index (χ4n) is 2.23. The van der Waals surface area contributed by atoms with Crippen molar-refractivity contribution >= 4 is 15.9 Å². The molecule has 2 N–H and O–H groups in total. The highest BCUT2D eigenvalue weighted by molar-refractivity contribution is 7.89. The van der Waals surface area contributed by atoms with E-state index in [9.17, 15) is 13.2 Å². The van der Waals surface area contributed by atoms with Crippen LogP contribution in [0.3, 0.4) is 0 Å². The van der Waals surface area contributed by atoms with Gasteiger partial charge in [-0.15, -0.1) is 0 Å². The van der Waals surface area contributed by atoms with E-state index in [0.717, 1.165) is 11.3 Å². The number of carbonyl (C=O) groups excluding carboxylic acids is 1. The normalized spacial score (nSPS) is 12.4. The molecule has 0 aliphatic rings. The van der Waals surface area contributed by atoms with Crippen molar-refractivity contribution in [3.63, 3.8) is 0 Å². The molecule has 0 spiro atoms. The van der Waals surface area contributed by atoms with Gasteiger partial charge in [-0.05, 0) is 49.7 Å². The second kappa shape index (κ2) is 8.13. The Bertz CT molecular complexity index is 832. The minimum absolute atomic E-state index is 0.0999. The van der Waals surface area contributed by atoms with Gasteiger partial charge in [0.05, 0.1) is 10.9 Å². The van der Waals surface area contributed by atoms with Crippen molar-refractivity contribution in [3.05, 3.63) is 59.7 Å². The first-order valence-corrected chi connectivity index (χ1v) is 9.34. The van der Waals surface area contributed by atoms with E-state index in [-0.39, 0.29) is 17.4 Å². The molecule has 0 saturated heterocycles. The highest BCUT2D eigenvalue weighted by atomic mass is 32.2. The number of hydrogen-bond acceptors (Lipinski definition) is 4. The molecule has 2 aromatic carbocycles. The third kappa shape index (κ3) is 5.04. The van der Waals surface area contributed by atoms with Crippen molar-refractivity contribution in [2.75, 3.05) is 13.7 Å². The molecule has 1 unspecified atom stereocenters. The highest BCUT2D eigenvalue weighted by Gasteiger charge is 2.18. The van der Waals surface area contributed by atoms with Crippen LogP contribution in [0.5, 0.6) is 5.75 Å². The summed E-state index contributed by atoms with van der Waals surface area (Å²) in [5.74, 6) is 0.459. The van der Waals surface area contributed by atoms with E-state index in [0.29, 0.717) is 5.56 Å². The third-order valence-corrected chi connectivity index (χ3v) is 5.20. The lowest BCUT2D eigenvalue weighted by atomic mass is 10.2. The van der Waals surface area contributed by atoms with Gasteiger partial charge in [0.15, 0.2) is 0 Å². The van der Waals surface area contributed by atoms with Gasteiger partial charge in [-0.2, -0.15) is 0 Å². The number of para-hydroxylation sites is 1. The fraction of sp³-hybridized carbons (Fsp3) is 0.278. The van der Waals surface area contributed by atoms with Gasteiger partial charge >= 0.3 is 0 Å². The molecule has 7 heteroatoms. The van der Waals surface area contributed by atoms with Gasteiger partial charge in [-0.25, -0.2) is 13.1 Å². The van der Waals surface area contributed by atoms with Gasteiger partial charge in [-0.1, -0.05) is 18.2 Å². The summed E-state index contributed by atoms with van der Waals surface area (Å²) < 4.78 is 33.0. The Labute approximate surface area is 148 Å². The number of amides is 1. The van der Waals surface area contributed by atoms with Crippen molar-refractivity contribution in [1.29, 1.82) is 0 Å². The highest BCUT2D eigenvalue weighted by Crippen LogP contribution is 2.17. The van der Waals surface area contributed by atoms with Crippen LogP contribution in [0.4, 0.5) is 0 Å². The maximum absolute atomic E-state index is 12.4. The molecule has 0 heterocycles. The summed E-state index contributed by atoms with van der Waals surface area (Å²) in [6.07, 6.45) is 0. The Morgan fingerprint density at radius 1 is 1.12 bits per heavy atom. The van der Waals surface area contributed by atoms with E-state index in [1.807, 2.05) is 31.2 Å². The predicted molar refractivity (Wildman–Crippen MR) is 96.3 cm³/mol. The number of nitrogens with one attached hydrogen (secondary N) is 2. The van der Waals surface area contributed by atoms with Crippen LogP contribution in [0.15, 0.2) is 53.4 Å². The van der Waals surface area contributed by atoms with Crippen LogP contribution < -0.4 is 14.8 Å². The van der Waals surface area contributed by atoms with Crippen LogP contribution in [0.2, 0.25) is 0 Å². The van der Waals surface area contributed by atoms with Crippen LogP contribution in [0.25, 0.3) is 0 Å². The Morgan fingerprint density at radius 2 is 1.76 bits per heavy atom. The van der Waals surface area contributed by atoms with Crippen molar-refractivity contribution in [2.24, 2.45) is 0 Å². The molecule has 25 heavy (non-hydrogen) atoms. The van der Waals surface area contributed by atoms with Crippen molar-refractivity contribution in [1.82, 2.24) is 10.0 Å². The quantitative estimate of drug-likeness (QED) is 0.790. The zero-order valence-electron chi connectivity index (χ0n) is 14.4. The molecular weight excluding hydrogens is 340 g/mol. The molecule has 0 fully saturated rings. The van der Waals surface area contributed by atoms with E-state index in [4.69, 9.17) is 4.74 Å². The van der Waals surface area contributed by atoms with Gasteiger partial charge in [0, 0.05) is 12.6 Å². The Kier molecular flexibility index (Phi) is 6.17. The molecule has 0 aromatic heterocycles. The average molecular weight is 362 g/mol. The minimum atomic E-state index is -3.68. The lowest BCUT2D eigenvalue weighted by molar-refractivity contribution is 0.0963. The SMILES string of the molecule is CNC(=O)c1ccc(S(=O)(=O)NC(C)COc2ccccc2C)cc1. The Balaban J connectivity index is 2.00. The molecule has 0 aliphatic carbocycles. The second-order valence-corrected chi connectivity index (χ2v) is 7.42. The Hall–Kier alpha value is -2.38. The Morgan fingerprint density at radius 3 is 2.36 bits per heavy atom. The molecule has 134 valence electrons. The largest absolute Gasteiger partial charge is 0.492 e. The predicted octanol–water partition coefficient (Wildman–Crippen LogP) is 2.10. The number of hydrogen-bond donors (Lipinski definition) is 2. The smallest absolute Gasteiger partial charge is 0.251 e. The first-order valence-electron chi connectivity index (χ1n) is 7.86. The molecule has 2 aromatic rings. The first kappa shape index (κ1) is 19.0. The lowest BCUT2D eigenvalue weighted by Gasteiger charge is -2.16. The summed E-state index contributed by atoms with van der Waals surface area (Å²) in [5, 5.41) is 2.49. The van der Waals surface area contributed by atoms with Crippen LogP contribution in [-0.4, -0.2) is 34.0 Å². The molecular formula is C18H22N2O4S. The number of ether oxygens (including phenoxy) is 1. The van der Waals surface area contributed by atoms with Gasteiger partial charge < -0.3 is 10.1 Å². The molecule has 0 saturated carbocycles. The molecule has 0 radical (unpaired) electrons. The van der Waals surface area contributed by atoms with E-state index < -0.39 is 16.1 Å². The fourth-order valence-corrected chi connectivity index (χ4v) is 3.46. The van der Waals surface area contributed by atoms with Crippen molar-refractivity contribution in [3.8, 4) is 5.75 Å². The summed E-state index contributed by atoms with van der Waals surface area (Å²) in [6, 6.07) is 12.9. The molecule has 1 atom stereocenters. The van der Waals surface area contributed by atoms with Gasteiger partial charge in [0.25, 0.3) is 5.91 Å². The molecule has 1 amide bonds. The van der Waals surface area contributed by atoms with Gasteiger partial charge in [0.2, 0.25) is 10.0 Å². The zero-order chi connectivity index (χ0) is 18.4. The minimum Gasteiger partial charge on any atom is -0.492 e. The maximum atomic E-state index is 12.4. The average Bonchev–Trinajstić information content (AvgIpc) is 2.60. The van der Waals surface area contributed by atoms with E-state index in [1.54, 1.807) is 6.92 Å². The second-order valence-electron chi connectivity index (χ2n) is 5.70. The molecule has 6 nitrogen and oxygen atoms in total. The van der Waals surface area contributed by atoms with Crippen LogP contribution in [-0.2, 0) is 10.0 Å². The van der Waals surface area contributed by atoms with E-state index in [1.165, 1.54) is 31.3 Å². The van der Waals surface area contributed by atoms with Crippen LogP contribution >= 0.6 is 0 Å². The van der Waals surface area contributed by atoms with E-state index in [2.05, 4.69) is 10.0 Å². The third-order valence-electron chi connectivity index (χ3n) is 3.59. The monoisotopic (exact) mass is 362 g/mol. The summed E-state index contributed by atoms with van der Waals surface area (Å²) >= 11 is 0. The zero-order valence-corrected chi connectivity index (χ0v) is 15.3. The van der Waals surface area contributed by atoms with Crippen LogP contribution in [0, 0.1) is 6.92 Å². The van der Waals surface area contributed by atoms with Gasteiger partial charge in [0.1, 0.15) is 12.4 Å². The number of rotatable bonds is 7. The van der Waals surface area contributed by atoms with Crippen molar-refractivity contribution in [2.45, 2.75) is 24.8 Å². The maximum Gasteiger partial charge on any atom is 0.251 e. The topological polar surface area (TPSA) is 84.5 Å². The summed E-state index contributed by atoms with van der Waals surface area (Å²) in [6.45, 7) is 3.87.